The largest absolute Gasteiger partial charge is 0.507 e. The molecule has 1 aromatic rings. The van der Waals surface area contributed by atoms with Crippen LogP contribution in [0.25, 0.3) is 5.57 Å². The van der Waals surface area contributed by atoms with E-state index >= 15 is 0 Å². The van der Waals surface area contributed by atoms with E-state index in [9.17, 15) is 9.90 Å². The van der Waals surface area contributed by atoms with Crippen molar-refractivity contribution in [1.82, 2.24) is 0 Å². The van der Waals surface area contributed by atoms with Crippen LogP contribution in [0.2, 0.25) is 0 Å². The van der Waals surface area contributed by atoms with Gasteiger partial charge >= 0.3 is 0 Å². The van der Waals surface area contributed by atoms with E-state index in [1.54, 1.807) is 0 Å². The maximum atomic E-state index is 12.7. The first-order chi connectivity index (χ1) is 12.8. The molecule has 1 aliphatic heterocycles. The molecule has 1 aromatic carbocycles. The molecule has 1 atom stereocenters. The van der Waals surface area contributed by atoms with Gasteiger partial charge in [-0.2, -0.15) is 0 Å². The summed E-state index contributed by atoms with van der Waals surface area (Å²) in [5, 5.41) is 10.8. The van der Waals surface area contributed by atoms with Crippen molar-refractivity contribution in [2.24, 2.45) is 11.8 Å². The number of carbonyl (C=O) groups excluding carboxylic acids is 1. The number of ketones is 1. The number of phenolic OH excluding ortho intramolecular Hbond substituents is 1. The Labute approximate surface area is 162 Å². The molecular weight excluding hydrogens is 336 g/mol. The lowest BCUT2D eigenvalue weighted by atomic mass is 9.73. The fourth-order valence-electron chi connectivity index (χ4n) is 5.44. The Bertz CT molecular complexity index is 781. The summed E-state index contributed by atoms with van der Waals surface area (Å²) in [5.41, 5.74) is 3.02. The standard InChI is InChI=1S/C24H32O3/c1-15-11-18-22-19(25)13-17(10-6-9-16-7-4-5-8-16)14-21(22)27-24(2,3)23(18)20(26)12-15/h13-16,25H,4-12H2,1-3H3. The molecule has 0 saturated heterocycles. The summed E-state index contributed by atoms with van der Waals surface area (Å²) < 4.78 is 6.26. The molecule has 0 radical (unpaired) electrons. The molecular formula is C24H32O3. The van der Waals surface area contributed by atoms with Gasteiger partial charge in [-0.25, -0.2) is 0 Å². The van der Waals surface area contributed by atoms with E-state index in [1.807, 2.05) is 19.9 Å². The molecule has 1 fully saturated rings. The van der Waals surface area contributed by atoms with Gasteiger partial charge in [0.15, 0.2) is 5.78 Å². The van der Waals surface area contributed by atoms with E-state index in [0.717, 1.165) is 53.2 Å². The van der Waals surface area contributed by atoms with Gasteiger partial charge < -0.3 is 9.84 Å². The SMILES string of the molecule is CC1CC(=O)C2=C(C1)c1c(O)cc(CCCC3CCCC3)cc1OC2(C)C. The number of allylic oxidation sites excluding steroid dienone is 1. The number of Topliss-reactive ketones (excluding diaryl/α,β-unsaturated/α-hetero) is 1. The Morgan fingerprint density at radius 3 is 2.67 bits per heavy atom. The zero-order valence-electron chi connectivity index (χ0n) is 16.9. The van der Waals surface area contributed by atoms with Crippen molar-refractivity contribution in [1.29, 1.82) is 0 Å². The van der Waals surface area contributed by atoms with Gasteiger partial charge in [-0.05, 0) is 68.2 Å². The van der Waals surface area contributed by atoms with Gasteiger partial charge in [0.25, 0.3) is 0 Å². The van der Waals surface area contributed by atoms with Crippen LogP contribution in [0.15, 0.2) is 17.7 Å². The van der Waals surface area contributed by atoms with Crippen molar-refractivity contribution in [3.63, 3.8) is 0 Å². The predicted octanol–water partition coefficient (Wildman–Crippen LogP) is 5.83. The highest BCUT2D eigenvalue weighted by molar-refractivity contribution is 6.07. The molecule has 146 valence electrons. The second-order valence-corrected chi connectivity index (χ2v) is 9.43. The number of ether oxygens (including phenoxy) is 1. The van der Waals surface area contributed by atoms with Crippen molar-refractivity contribution in [2.45, 2.75) is 84.2 Å². The molecule has 4 rings (SSSR count). The second kappa shape index (κ2) is 7.00. The van der Waals surface area contributed by atoms with E-state index in [-0.39, 0.29) is 11.5 Å². The Balaban J connectivity index is 1.61. The number of aromatic hydroxyl groups is 1. The zero-order chi connectivity index (χ0) is 19.2. The highest BCUT2D eigenvalue weighted by atomic mass is 16.5. The molecule has 1 heterocycles. The van der Waals surface area contributed by atoms with Crippen molar-refractivity contribution in [3.05, 3.63) is 28.8 Å². The molecule has 2 aliphatic carbocycles. The van der Waals surface area contributed by atoms with Crippen LogP contribution in [-0.4, -0.2) is 16.5 Å². The molecule has 3 heteroatoms. The second-order valence-electron chi connectivity index (χ2n) is 9.43. The minimum absolute atomic E-state index is 0.166. The topological polar surface area (TPSA) is 46.5 Å². The molecule has 0 bridgehead atoms. The Kier molecular flexibility index (Phi) is 4.82. The lowest BCUT2D eigenvalue weighted by Gasteiger charge is -2.40. The average Bonchev–Trinajstić information content (AvgIpc) is 3.05. The number of carbonyl (C=O) groups is 1. The monoisotopic (exact) mass is 368 g/mol. The van der Waals surface area contributed by atoms with Crippen molar-refractivity contribution in [2.75, 3.05) is 0 Å². The minimum Gasteiger partial charge on any atom is -0.507 e. The third kappa shape index (κ3) is 3.53. The third-order valence-corrected chi connectivity index (χ3v) is 6.63. The first-order valence-electron chi connectivity index (χ1n) is 10.7. The Morgan fingerprint density at radius 1 is 1.19 bits per heavy atom. The zero-order valence-corrected chi connectivity index (χ0v) is 16.9. The predicted molar refractivity (Wildman–Crippen MR) is 108 cm³/mol. The first kappa shape index (κ1) is 18.6. The van der Waals surface area contributed by atoms with Crippen molar-refractivity contribution < 1.29 is 14.6 Å². The number of fused-ring (bicyclic) bond motifs is 2. The third-order valence-electron chi connectivity index (χ3n) is 6.63. The van der Waals surface area contributed by atoms with Crippen LogP contribution in [0.5, 0.6) is 11.5 Å². The number of aryl methyl sites for hydroxylation is 1. The lowest BCUT2D eigenvalue weighted by molar-refractivity contribution is -0.118. The molecule has 1 saturated carbocycles. The van der Waals surface area contributed by atoms with Crippen LogP contribution in [-0.2, 0) is 11.2 Å². The summed E-state index contributed by atoms with van der Waals surface area (Å²) in [7, 11) is 0. The van der Waals surface area contributed by atoms with E-state index in [1.165, 1.54) is 32.1 Å². The molecule has 0 aromatic heterocycles. The van der Waals surface area contributed by atoms with Gasteiger partial charge in [0.1, 0.15) is 17.1 Å². The fraction of sp³-hybridized carbons (Fsp3) is 0.625. The van der Waals surface area contributed by atoms with Crippen molar-refractivity contribution in [3.8, 4) is 11.5 Å². The summed E-state index contributed by atoms with van der Waals surface area (Å²) in [5.74, 6) is 2.39. The maximum Gasteiger partial charge on any atom is 0.163 e. The Hall–Kier alpha value is -1.77. The first-order valence-corrected chi connectivity index (χ1v) is 10.7. The Morgan fingerprint density at radius 2 is 1.93 bits per heavy atom. The van der Waals surface area contributed by atoms with Gasteiger partial charge in [0.05, 0.1) is 5.56 Å². The summed E-state index contributed by atoms with van der Waals surface area (Å²) in [6, 6.07) is 3.99. The summed E-state index contributed by atoms with van der Waals surface area (Å²) in [6.07, 6.45) is 10.4. The minimum atomic E-state index is -0.630. The smallest absolute Gasteiger partial charge is 0.163 e. The van der Waals surface area contributed by atoms with Gasteiger partial charge in [-0.3, -0.25) is 4.79 Å². The number of phenols is 1. The maximum absolute atomic E-state index is 12.7. The quantitative estimate of drug-likeness (QED) is 0.727. The van der Waals surface area contributed by atoms with Gasteiger partial charge in [-0.1, -0.05) is 39.0 Å². The molecule has 1 unspecified atom stereocenters. The number of rotatable bonds is 4. The number of hydrogen-bond acceptors (Lipinski definition) is 3. The van der Waals surface area contributed by atoms with Crippen LogP contribution < -0.4 is 4.74 Å². The normalized spacial score (nSPS) is 24.6. The fourth-order valence-corrected chi connectivity index (χ4v) is 5.44. The van der Waals surface area contributed by atoms with E-state index < -0.39 is 5.60 Å². The van der Waals surface area contributed by atoms with Crippen LogP contribution in [0.4, 0.5) is 0 Å². The highest BCUT2D eigenvalue weighted by Crippen LogP contribution is 2.50. The van der Waals surface area contributed by atoms with Crippen molar-refractivity contribution >= 4 is 11.4 Å². The van der Waals surface area contributed by atoms with Crippen LogP contribution in [0, 0.1) is 11.8 Å². The molecule has 0 spiro atoms. The van der Waals surface area contributed by atoms with E-state index in [4.69, 9.17) is 4.74 Å². The lowest BCUT2D eigenvalue weighted by Crippen LogP contribution is -2.40. The molecule has 0 amide bonds. The average molecular weight is 369 g/mol. The van der Waals surface area contributed by atoms with Crippen LogP contribution >= 0.6 is 0 Å². The molecule has 3 nitrogen and oxygen atoms in total. The molecule has 3 aliphatic rings. The van der Waals surface area contributed by atoms with E-state index in [0.29, 0.717) is 12.3 Å². The summed E-state index contributed by atoms with van der Waals surface area (Å²) in [6.45, 7) is 6.06. The van der Waals surface area contributed by atoms with Gasteiger partial charge in [0, 0.05) is 12.0 Å². The van der Waals surface area contributed by atoms with Crippen LogP contribution in [0.1, 0.15) is 83.3 Å². The van der Waals surface area contributed by atoms with Gasteiger partial charge in [0.2, 0.25) is 0 Å². The highest BCUT2D eigenvalue weighted by Gasteiger charge is 2.42. The van der Waals surface area contributed by atoms with Crippen LogP contribution in [0.3, 0.4) is 0 Å². The van der Waals surface area contributed by atoms with E-state index in [2.05, 4.69) is 13.0 Å². The summed E-state index contributed by atoms with van der Waals surface area (Å²) >= 11 is 0. The number of benzene rings is 1. The molecule has 27 heavy (non-hydrogen) atoms. The summed E-state index contributed by atoms with van der Waals surface area (Å²) in [4.78, 5) is 12.7. The van der Waals surface area contributed by atoms with Gasteiger partial charge in [-0.15, -0.1) is 0 Å². The number of hydrogen-bond donors (Lipinski definition) is 1. The molecule has 1 N–H and O–H groups in total.